The fourth-order valence-electron chi connectivity index (χ4n) is 2.05. The van der Waals surface area contributed by atoms with Crippen LogP contribution in [0, 0.1) is 6.92 Å². The number of amides is 1. The maximum absolute atomic E-state index is 12.3. The van der Waals surface area contributed by atoms with Crippen LogP contribution < -0.4 is 0 Å². The first kappa shape index (κ1) is 15.7. The SMILES string of the molecule is Cc1cccnc1[C@@H](O)C(=O)N(C)Cc1ccc(Br)cc1. The van der Waals surface area contributed by atoms with Crippen molar-refractivity contribution >= 4 is 21.8 Å². The Morgan fingerprint density at radius 3 is 2.62 bits per heavy atom. The molecule has 0 saturated carbocycles. The number of nitrogens with zero attached hydrogens (tertiary/aromatic N) is 2. The Bertz CT molecular complexity index is 628. The maximum atomic E-state index is 12.3. The predicted molar refractivity (Wildman–Crippen MR) is 84.5 cm³/mol. The standard InChI is InChI=1S/C16H17BrN2O2/c1-11-4-3-9-18-14(11)15(20)16(21)19(2)10-12-5-7-13(17)8-6-12/h3-9,15,20H,10H2,1-2H3/t15-/m1/s1. The molecular weight excluding hydrogens is 332 g/mol. The average molecular weight is 349 g/mol. The number of hydrogen-bond donors (Lipinski definition) is 1. The van der Waals surface area contributed by atoms with E-state index in [0.29, 0.717) is 12.2 Å². The molecule has 0 bridgehead atoms. The van der Waals surface area contributed by atoms with Crippen LogP contribution in [0.2, 0.25) is 0 Å². The van der Waals surface area contributed by atoms with Gasteiger partial charge in [-0.05, 0) is 36.2 Å². The lowest BCUT2D eigenvalue weighted by molar-refractivity contribution is -0.139. The van der Waals surface area contributed by atoms with Gasteiger partial charge < -0.3 is 10.0 Å². The summed E-state index contributed by atoms with van der Waals surface area (Å²) >= 11 is 3.37. The van der Waals surface area contributed by atoms with Crippen molar-refractivity contribution in [3.63, 3.8) is 0 Å². The Kier molecular flexibility index (Phi) is 5.09. The van der Waals surface area contributed by atoms with Crippen molar-refractivity contribution in [2.45, 2.75) is 19.6 Å². The molecule has 110 valence electrons. The number of carbonyl (C=O) groups excluding carboxylic acids is 1. The highest BCUT2D eigenvalue weighted by molar-refractivity contribution is 9.10. The second kappa shape index (κ2) is 6.83. The van der Waals surface area contributed by atoms with Crippen LogP contribution in [0.4, 0.5) is 0 Å². The van der Waals surface area contributed by atoms with Gasteiger partial charge in [0, 0.05) is 24.3 Å². The van der Waals surface area contributed by atoms with Gasteiger partial charge in [-0.3, -0.25) is 9.78 Å². The van der Waals surface area contributed by atoms with E-state index >= 15 is 0 Å². The van der Waals surface area contributed by atoms with Gasteiger partial charge in [-0.25, -0.2) is 0 Å². The van der Waals surface area contributed by atoms with Crippen molar-refractivity contribution in [2.24, 2.45) is 0 Å². The molecule has 1 heterocycles. The van der Waals surface area contributed by atoms with Crippen LogP contribution in [0.3, 0.4) is 0 Å². The zero-order chi connectivity index (χ0) is 15.4. The number of benzene rings is 1. The summed E-state index contributed by atoms with van der Waals surface area (Å²) in [5, 5.41) is 10.2. The highest BCUT2D eigenvalue weighted by Crippen LogP contribution is 2.18. The normalized spacial score (nSPS) is 12.0. The Balaban J connectivity index is 2.08. The number of aryl methyl sites for hydroxylation is 1. The zero-order valence-electron chi connectivity index (χ0n) is 12.0. The fraction of sp³-hybridized carbons (Fsp3) is 0.250. The molecule has 4 nitrogen and oxygen atoms in total. The van der Waals surface area contributed by atoms with Crippen LogP contribution >= 0.6 is 15.9 Å². The van der Waals surface area contributed by atoms with Crippen molar-refractivity contribution in [3.05, 3.63) is 63.9 Å². The van der Waals surface area contributed by atoms with Crippen molar-refractivity contribution < 1.29 is 9.90 Å². The van der Waals surface area contributed by atoms with Gasteiger partial charge in [0.2, 0.25) is 0 Å². The molecule has 0 radical (unpaired) electrons. The summed E-state index contributed by atoms with van der Waals surface area (Å²) in [6.45, 7) is 2.27. The minimum absolute atomic E-state index is 0.361. The van der Waals surface area contributed by atoms with Gasteiger partial charge in [0.1, 0.15) is 0 Å². The molecule has 0 fully saturated rings. The summed E-state index contributed by atoms with van der Waals surface area (Å²) in [5.41, 5.74) is 2.21. The average Bonchev–Trinajstić information content (AvgIpc) is 2.48. The molecule has 1 aromatic carbocycles. The first-order valence-corrected chi connectivity index (χ1v) is 7.37. The lowest BCUT2D eigenvalue weighted by Crippen LogP contribution is -2.32. The molecule has 5 heteroatoms. The number of rotatable bonds is 4. The Labute approximate surface area is 132 Å². The summed E-state index contributed by atoms with van der Waals surface area (Å²) in [6, 6.07) is 11.3. The maximum Gasteiger partial charge on any atom is 0.257 e. The molecule has 0 unspecified atom stereocenters. The van der Waals surface area contributed by atoms with E-state index in [9.17, 15) is 9.90 Å². The molecule has 0 aliphatic heterocycles. The molecular formula is C16H17BrN2O2. The molecule has 0 aliphatic carbocycles. The van der Waals surface area contributed by atoms with Gasteiger partial charge >= 0.3 is 0 Å². The molecule has 1 aromatic heterocycles. The summed E-state index contributed by atoms with van der Waals surface area (Å²) in [4.78, 5) is 17.9. The number of aromatic nitrogens is 1. The molecule has 21 heavy (non-hydrogen) atoms. The second-order valence-electron chi connectivity index (χ2n) is 4.93. The lowest BCUT2D eigenvalue weighted by Gasteiger charge is -2.21. The number of carbonyl (C=O) groups is 1. The molecule has 1 amide bonds. The Morgan fingerprint density at radius 2 is 2.00 bits per heavy atom. The van der Waals surface area contributed by atoms with Gasteiger partial charge in [-0.2, -0.15) is 0 Å². The third-order valence-corrected chi connectivity index (χ3v) is 3.78. The highest BCUT2D eigenvalue weighted by atomic mass is 79.9. The second-order valence-corrected chi connectivity index (χ2v) is 5.84. The molecule has 1 atom stereocenters. The van der Waals surface area contributed by atoms with E-state index in [-0.39, 0.29) is 5.91 Å². The number of aliphatic hydroxyl groups is 1. The molecule has 0 spiro atoms. The van der Waals surface area contributed by atoms with Crippen LogP contribution in [0.1, 0.15) is 22.9 Å². The summed E-state index contributed by atoms with van der Waals surface area (Å²) in [6.07, 6.45) is 0.347. The van der Waals surface area contributed by atoms with E-state index in [2.05, 4.69) is 20.9 Å². The van der Waals surface area contributed by atoms with Crippen LogP contribution in [-0.2, 0) is 11.3 Å². The summed E-state index contributed by atoms with van der Waals surface area (Å²) < 4.78 is 0.990. The molecule has 2 rings (SSSR count). The predicted octanol–water partition coefficient (Wildman–Crippen LogP) is 2.84. The molecule has 2 aromatic rings. The Morgan fingerprint density at radius 1 is 1.33 bits per heavy atom. The third-order valence-electron chi connectivity index (χ3n) is 3.25. The minimum atomic E-state index is -1.23. The number of halogens is 1. The van der Waals surface area contributed by atoms with Crippen LogP contribution in [0.5, 0.6) is 0 Å². The third kappa shape index (κ3) is 3.89. The van der Waals surface area contributed by atoms with E-state index in [4.69, 9.17) is 0 Å². The molecule has 1 N–H and O–H groups in total. The smallest absolute Gasteiger partial charge is 0.257 e. The van der Waals surface area contributed by atoms with E-state index in [0.717, 1.165) is 15.6 Å². The summed E-state index contributed by atoms with van der Waals surface area (Å²) in [5.74, 6) is -0.361. The van der Waals surface area contributed by atoms with E-state index in [1.54, 1.807) is 19.3 Å². The van der Waals surface area contributed by atoms with E-state index in [1.165, 1.54) is 4.90 Å². The largest absolute Gasteiger partial charge is 0.377 e. The van der Waals surface area contributed by atoms with Gasteiger partial charge in [-0.1, -0.05) is 34.1 Å². The van der Waals surface area contributed by atoms with Crippen molar-refractivity contribution in [2.75, 3.05) is 7.05 Å². The zero-order valence-corrected chi connectivity index (χ0v) is 13.5. The van der Waals surface area contributed by atoms with Crippen LogP contribution in [0.25, 0.3) is 0 Å². The number of hydrogen-bond acceptors (Lipinski definition) is 3. The molecule has 0 aliphatic rings. The Hall–Kier alpha value is -1.72. The molecule has 0 saturated heterocycles. The number of likely N-dealkylation sites (N-methyl/N-ethyl adjacent to an activating group) is 1. The van der Waals surface area contributed by atoms with Gasteiger partial charge in [0.25, 0.3) is 5.91 Å². The fourth-order valence-corrected chi connectivity index (χ4v) is 2.32. The lowest BCUT2D eigenvalue weighted by atomic mass is 10.1. The quantitative estimate of drug-likeness (QED) is 0.924. The first-order chi connectivity index (χ1) is 9.99. The van der Waals surface area contributed by atoms with Gasteiger partial charge in [-0.15, -0.1) is 0 Å². The topological polar surface area (TPSA) is 53.4 Å². The van der Waals surface area contributed by atoms with Crippen molar-refractivity contribution in [1.29, 1.82) is 0 Å². The minimum Gasteiger partial charge on any atom is -0.377 e. The van der Waals surface area contributed by atoms with Crippen molar-refractivity contribution in [1.82, 2.24) is 9.88 Å². The number of pyridine rings is 1. The van der Waals surface area contributed by atoms with E-state index < -0.39 is 6.10 Å². The number of aliphatic hydroxyl groups excluding tert-OH is 1. The first-order valence-electron chi connectivity index (χ1n) is 6.58. The van der Waals surface area contributed by atoms with Crippen molar-refractivity contribution in [3.8, 4) is 0 Å². The van der Waals surface area contributed by atoms with Crippen LogP contribution in [0.15, 0.2) is 47.1 Å². The monoisotopic (exact) mass is 348 g/mol. The highest BCUT2D eigenvalue weighted by Gasteiger charge is 2.23. The van der Waals surface area contributed by atoms with Gasteiger partial charge in [0.05, 0.1) is 5.69 Å². The summed E-state index contributed by atoms with van der Waals surface area (Å²) in [7, 11) is 1.67. The van der Waals surface area contributed by atoms with Crippen LogP contribution in [-0.4, -0.2) is 27.9 Å². The van der Waals surface area contributed by atoms with E-state index in [1.807, 2.05) is 37.3 Å². The van der Waals surface area contributed by atoms with Gasteiger partial charge in [0.15, 0.2) is 6.10 Å².